The van der Waals surface area contributed by atoms with Crippen molar-refractivity contribution >= 4 is 17.6 Å². The fourth-order valence-corrected chi connectivity index (χ4v) is 3.95. The molecule has 3 aromatic rings. The van der Waals surface area contributed by atoms with E-state index in [1.165, 1.54) is 12.1 Å². The molecule has 1 N–H and O–H groups in total. The molecule has 1 aromatic carbocycles. The molecule has 0 aliphatic carbocycles. The Morgan fingerprint density at radius 2 is 1.91 bits per heavy atom. The van der Waals surface area contributed by atoms with Gasteiger partial charge in [0.15, 0.2) is 0 Å². The van der Waals surface area contributed by atoms with Crippen molar-refractivity contribution in [3.8, 4) is 0 Å². The number of hydrogen-bond donors (Lipinski definition) is 1. The number of halogens is 1. The van der Waals surface area contributed by atoms with Crippen LogP contribution in [0.2, 0.25) is 0 Å². The van der Waals surface area contributed by atoms with Gasteiger partial charge in [0.05, 0.1) is 18.1 Å². The van der Waals surface area contributed by atoms with Gasteiger partial charge in [-0.25, -0.2) is 4.39 Å². The zero-order valence-corrected chi connectivity index (χ0v) is 20.2. The Bertz CT molecular complexity index is 1210. The predicted molar refractivity (Wildman–Crippen MR) is 130 cm³/mol. The maximum atomic E-state index is 13.7. The SMILES string of the molecule is CC(C)OC(=O)Cc1cc(C(=O)NCc2cc(F)cc(N=O)c2)c(C(C)C)n1Cc1cccnc1. The average molecular weight is 481 g/mol. The maximum Gasteiger partial charge on any atom is 0.312 e. The Hall–Kier alpha value is -3.88. The lowest BCUT2D eigenvalue weighted by atomic mass is 10.0. The van der Waals surface area contributed by atoms with Crippen molar-refractivity contribution in [2.24, 2.45) is 5.18 Å². The standard InChI is InChI=1S/C26H29FN4O4/c1-16(2)25-23(26(33)29-14-19-8-20(27)10-21(9-19)30-34)11-22(12-24(32)35-17(3)4)31(25)15-18-6-5-7-28-13-18/h5-11,13,16-17H,12,14-15H2,1-4H3,(H,29,33). The third kappa shape index (κ3) is 6.81. The molecular weight excluding hydrogens is 451 g/mol. The number of nitrogens with zero attached hydrogens (tertiary/aromatic N) is 3. The molecule has 0 radical (unpaired) electrons. The second kappa shape index (κ2) is 11.5. The number of pyridine rings is 1. The number of carbonyl (C=O) groups is 2. The quantitative estimate of drug-likeness (QED) is 0.324. The van der Waals surface area contributed by atoms with Gasteiger partial charge >= 0.3 is 5.97 Å². The molecule has 1 amide bonds. The molecule has 2 heterocycles. The fraction of sp³-hybridized carbons (Fsp3) is 0.346. The van der Waals surface area contributed by atoms with E-state index in [2.05, 4.69) is 15.5 Å². The summed E-state index contributed by atoms with van der Waals surface area (Å²) in [4.78, 5) is 40.7. The Morgan fingerprint density at radius 3 is 2.54 bits per heavy atom. The lowest BCUT2D eigenvalue weighted by Crippen LogP contribution is -2.24. The summed E-state index contributed by atoms with van der Waals surface area (Å²) in [5, 5.41) is 5.55. The third-order valence-corrected chi connectivity index (χ3v) is 5.27. The Balaban J connectivity index is 1.95. The summed E-state index contributed by atoms with van der Waals surface area (Å²) < 4.78 is 21.0. The van der Waals surface area contributed by atoms with Crippen molar-refractivity contribution < 1.29 is 18.7 Å². The van der Waals surface area contributed by atoms with E-state index in [1.54, 1.807) is 32.3 Å². The first kappa shape index (κ1) is 25.7. The number of esters is 1. The predicted octanol–water partition coefficient (Wildman–Crippen LogP) is 5.02. The number of hydrogen-bond acceptors (Lipinski definition) is 6. The van der Waals surface area contributed by atoms with E-state index >= 15 is 0 Å². The number of rotatable bonds is 10. The first-order chi connectivity index (χ1) is 16.7. The van der Waals surface area contributed by atoms with Gasteiger partial charge in [-0.2, -0.15) is 0 Å². The van der Waals surface area contributed by atoms with Gasteiger partial charge in [-0.3, -0.25) is 14.6 Å². The highest BCUT2D eigenvalue weighted by atomic mass is 19.1. The van der Waals surface area contributed by atoms with E-state index in [4.69, 9.17) is 4.74 Å². The molecule has 0 saturated heterocycles. The number of amides is 1. The molecule has 8 nitrogen and oxygen atoms in total. The second-order valence-electron chi connectivity index (χ2n) is 8.84. The van der Waals surface area contributed by atoms with Crippen LogP contribution < -0.4 is 5.32 Å². The average Bonchev–Trinajstić information content (AvgIpc) is 3.15. The minimum absolute atomic E-state index is 0.00367. The van der Waals surface area contributed by atoms with E-state index in [0.29, 0.717) is 23.4 Å². The van der Waals surface area contributed by atoms with Crippen molar-refractivity contribution in [3.05, 3.63) is 87.6 Å². The summed E-state index contributed by atoms with van der Waals surface area (Å²) in [5.74, 6) is -1.41. The number of carbonyl (C=O) groups excluding carboxylic acids is 2. The molecule has 9 heteroatoms. The molecule has 0 saturated carbocycles. The van der Waals surface area contributed by atoms with Crippen LogP contribution in [0.3, 0.4) is 0 Å². The fourth-order valence-electron chi connectivity index (χ4n) is 3.95. The number of aromatic nitrogens is 2. The molecule has 0 unspecified atom stereocenters. The maximum absolute atomic E-state index is 13.7. The summed E-state index contributed by atoms with van der Waals surface area (Å²) >= 11 is 0. The van der Waals surface area contributed by atoms with Gasteiger partial charge in [-0.05, 0) is 60.3 Å². The molecule has 2 aromatic heterocycles. The van der Waals surface area contributed by atoms with Crippen molar-refractivity contribution in [1.82, 2.24) is 14.9 Å². The van der Waals surface area contributed by atoms with E-state index < -0.39 is 5.82 Å². The molecule has 0 bridgehead atoms. The molecule has 0 atom stereocenters. The highest BCUT2D eigenvalue weighted by molar-refractivity contribution is 5.96. The van der Waals surface area contributed by atoms with Crippen LogP contribution in [0, 0.1) is 10.7 Å². The summed E-state index contributed by atoms with van der Waals surface area (Å²) in [6, 6.07) is 9.13. The molecule has 0 aliphatic heterocycles. The number of benzene rings is 1. The van der Waals surface area contributed by atoms with Crippen molar-refractivity contribution in [3.63, 3.8) is 0 Å². The van der Waals surface area contributed by atoms with Crippen LogP contribution >= 0.6 is 0 Å². The van der Waals surface area contributed by atoms with Crippen LogP contribution in [0.1, 0.15) is 66.5 Å². The highest BCUT2D eigenvalue weighted by Gasteiger charge is 2.24. The Morgan fingerprint density at radius 1 is 1.14 bits per heavy atom. The molecule has 0 aliphatic rings. The van der Waals surface area contributed by atoms with E-state index in [-0.39, 0.29) is 42.6 Å². The Labute approximate surface area is 203 Å². The van der Waals surface area contributed by atoms with E-state index in [1.807, 2.05) is 30.5 Å². The normalized spacial score (nSPS) is 11.1. The largest absolute Gasteiger partial charge is 0.463 e. The number of nitrogens with one attached hydrogen (secondary N) is 1. The van der Waals surface area contributed by atoms with Crippen LogP contribution in [0.5, 0.6) is 0 Å². The number of ether oxygens (including phenoxy) is 1. The van der Waals surface area contributed by atoms with Crippen LogP contribution in [0.4, 0.5) is 10.1 Å². The second-order valence-corrected chi connectivity index (χ2v) is 8.84. The van der Waals surface area contributed by atoms with E-state index in [9.17, 15) is 18.9 Å². The highest BCUT2D eigenvalue weighted by Crippen LogP contribution is 2.27. The van der Waals surface area contributed by atoms with Crippen molar-refractivity contribution in [2.45, 2.75) is 59.2 Å². The van der Waals surface area contributed by atoms with Crippen molar-refractivity contribution in [1.29, 1.82) is 0 Å². The van der Waals surface area contributed by atoms with Crippen molar-refractivity contribution in [2.75, 3.05) is 0 Å². The van der Waals surface area contributed by atoms with Gasteiger partial charge in [0.25, 0.3) is 5.91 Å². The first-order valence-electron chi connectivity index (χ1n) is 11.4. The number of nitroso groups, excluding NO2 is 1. The molecule has 3 rings (SSSR count). The third-order valence-electron chi connectivity index (χ3n) is 5.27. The topological polar surface area (TPSA) is 103 Å². The lowest BCUT2D eigenvalue weighted by Gasteiger charge is -2.17. The summed E-state index contributed by atoms with van der Waals surface area (Å²) in [6.45, 7) is 7.94. The zero-order valence-electron chi connectivity index (χ0n) is 20.2. The summed E-state index contributed by atoms with van der Waals surface area (Å²) in [7, 11) is 0. The Kier molecular flexibility index (Phi) is 8.46. The molecule has 35 heavy (non-hydrogen) atoms. The van der Waals surface area contributed by atoms with Crippen LogP contribution in [-0.2, 0) is 29.0 Å². The van der Waals surface area contributed by atoms with Gasteiger partial charge in [0.1, 0.15) is 11.5 Å². The molecule has 184 valence electrons. The summed E-state index contributed by atoms with van der Waals surface area (Å²) in [6.07, 6.45) is 3.17. The van der Waals surface area contributed by atoms with Gasteiger partial charge in [0.2, 0.25) is 0 Å². The first-order valence-corrected chi connectivity index (χ1v) is 11.4. The molecular formula is C26H29FN4O4. The van der Waals surface area contributed by atoms with Gasteiger partial charge in [-0.1, -0.05) is 19.9 Å². The monoisotopic (exact) mass is 480 g/mol. The van der Waals surface area contributed by atoms with Gasteiger partial charge < -0.3 is 14.6 Å². The minimum atomic E-state index is -0.609. The van der Waals surface area contributed by atoms with E-state index in [0.717, 1.165) is 17.3 Å². The summed E-state index contributed by atoms with van der Waals surface area (Å²) in [5.41, 5.74) is 3.10. The smallest absolute Gasteiger partial charge is 0.312 e. The minimum Gasteiger partial charge on any atom is -0.463 e. The molecule has 0 spiro atoms. The van der Waals surface area contributed by atoms with Gasteiger partial charge in [-0.15, -0.1) is 4.91 Å². The van der Waals surface area contributed by atoms with Crippen LogP contribution in [0.15, 0.2) is 54.0 Å². The van der Waals surface area contributed by atoms with Crippen LogP contribution in [0.25, 0.3) is 0 Å². The van der Waals surface area contributed by atoms with Crippen LogP contribution in [-0.4, -0.2) is 27.5 Å². The lowest BCUT2D eigenvalue weighted by molar-refractivity contribution is -0.146. The zero-order chi connectivity index (χ0) is 25.5. The molecule has 0 fully saturated rings. The van der Waals surface area contributed by atoms with Gasteiger partial charge in [0, 0.05) is 42.9 Å².